The summed E-state index contributed by atoms with van der Waals surface area (Å²) >= 11 is 0. The zero-order valence-corrected chi connectivity index (χ0v) is 25.4. The topological polar surface area (TPSA) is 87.7 Å². The van der Waals surface area contributed by atoms with Gasteiger partial charge in [0.05, 0.1) is 23.4 Å². The van der Waals surface area contributed by atoms with Gasteiger partial charge in [-0.3, -0.25) is 9.59 Å². The average Bonchev–Trinajstić information content (AvgIpc) is 2.98. The van der Waals surface area contributed by atoms with Crippen LogP contribution in [0.3, 0.4) is 0 Å². The van der Waals surface area contributed by atoms with Crippen molar-refractivity contribution < 1.29 is 40.7 Å². The Hall–Kier alpha value is -4.36. The number of piperidine rings is 1. The van der Waals surface area contributed by atoms with Crippen LogP contribution in [0, 0.1) is 12.8 Å². The summed E-state index contributed by atoms with van der Waals surface area (Å²) < 4.78 is 87.7. The molecule has 0 bridgehead atoms. The third kappa shape index (κ3) is 7.37. The van der Waals surface area contributed by atoms with Gasteiger partial charge in [-0.05, 0) is 49.1 Å². The summed E-state index contributed by atoms with van der Waals surface area (Å²) in [6, 6.07) is 8.51. The molecule has 1 N–H and O–H groups in total. The van der Waals surface area contributed by atoms with Gasteiger partial charge in [0.2, 0.25) is 17.7 Å². The number of nitrogens with one attached hydrogen (secondary N) is 1. The second-order valence-corrected chi connectivity index (χ2v) is 11.8. The van der Waals surface area contributed by atoms with Crippen molar-refractivity contribution in [3.8, 4) is 17.1 Å². The number of halogens is 6. The first-order valence-corrected chi connectivity index (χ1v) is 14.8. The predicted molar refractivity (Wildman–Crippen MR) is 157 cm³/mol. The number of hydrogen-bond acceptors (Lipinski definition) is 6. The number of aryl methyl sites for hydroxylation is 1. The van der Waals surface area contributed by atoms with Crippen molar-refractivity contribution in [1.29, 1.82) is 0 Å². The van der Waals surface area contributed by atoms with E-state index in [0.717, 1.165) is 5.56 Å². The van der Waals surface area contributed by atoms with E-state index in [2.05, 4.69) is 10.3 Å². The third-order valence-corrected chi connectivity index (χ3v) is 8.01. The van der Waals surface area contributed by atoms with E-state index >= 15 is 0 Å². The van der Waals surface area contributed by atoms with Gasteiger partial charge in [0.15, 0.2) is 0 Å². The number of alkyl halides is 6. The smallest absolute Gasteiger partial charge is 0.416 e. The van der Waals surface area contributed by atoms with Crippen molar-refractivity contribution in [1.82, 2.24) is 20.2 Å². The largest absolute Gasteiger partial charge is 0.477 e. The van der Waals surface area contributed by atoms with Gasteiger partial charge in [0.1, 0.15) is 5.56 Å². The van der Waals surface area contributed by atoms with Gasteiger partial charge in [0.25, 0.3) is 5.91 Å². The lowest BCUT2D eigenvalue weighted by molar-refractivity contribution is -0.143. The molecule has 0 radical (unpaired) electrons. The summed E-state index contributed by atoms with van der Waals surface area (Å²) in [5, 5.41) is 2.92. The Kier molecular flexibility index (Phi) is 9.19. The minimum Gasteiger partial charge on any atom is -0.477 e. The fraction of sp³-hybridized carbons (Fsp3) is 0.438. The van der Waals surface area contributed by atoms with E-state index in [1.165, 1.54) is 11.8 Å². The van der Waals surface area contributed by atoms with Gasteiger partial charge in [-0.2, -0.15) is 31.3 Å². The number of amides is 2. The maximum atomic E-state index is 14.3. The van der Waals surface area contributed by atoms with E-state index in [4.69, 9.17) is 9.72 Å². The minimum absolute atomic E-state index is 0.00148. The van der Waals surface area contributed by atoms with Crippen LogP contribution in [-0.2, 0) is 23.7 Å². The highest BCUT2D eigenvalue weighted by Gasteiger charge is 2.38. The molecule has 3 aromatic rings. The van der Waals surface area contributed by atoms with Gasteiger partial charge in [0, 0.05) is 50.6 Å². The molecular formula is C32H33F6N5O3. The third-order valence-electron chi connectivity index (χ3n) is 8.01. The highest BCUT2D eigenvalue weighted by molar-refractivity contribution is 6.02. The number of aromatic nitrogens is 2. The first-order chi connectivity index (χ1) is 21.6. The standard InChI is InChI=1S/C32H33F6N5O3/c1-18-15-43(16-21-12-22(31(33,34)35)14-23(13-21)32(36,37)38)29(45)26-27(25-7-5-4-6-19(25)2)40-30(41-28(26)46-17-18)42-10-8-24(9-11-42)39-20(3)44/h4-7,12-14,18,24H,8-11,15-17H2,1-3H3,(H,39,44)/t18-/m1/s1. The van der Waals surface area contributed by atoms with Gasteiger partial charge < -0.3 is 19.9 Å². The average molecular weight is 650 g/mol. The Morgan fingerprint density at radius 2 is 1.63 bits per heavy atom. The molecule has 0 unspecified atom stereocenters. The molecule has 3 heterocycles. The number of carbonyl (C=O) groups is 2. The highest BCUT2D eigenvalue weighted by atomic mass is 19.4. The summed E-state index contributed by atoms with van der Waals surface area (Å²) in [6.45, 7) is 5.66. The van der Waals surface area contributed by atoms with Crippen LogP contribution in [-0.4, -0.2) is 59.0 Å². The van der Waals surface area contributed by atoms with Crippen molar-refractivity contribution in [2.75, 3.05) is 31.1 Å². The van der Waals surface area contributed by atoms with Crippen LogP contribution in [0.15, 0.2) is 42.5 Å². The lowest BCUT2D eigenvalue weighted by Crippen LogP contribution is -2.44. The molecule has 1 aromatic heterocycles. The number of rotatable bonds is 5. The molecule has 14 heteroatoms. The Labute approximate surface area is 261 Å². The molecule has 0 aliphatic carbocycles. The van der Waals surface area contributed by atoms with E-state index < -0.39 is 35.9 Å². The molecule has 0 spiro atoms. The van der Waals surface area contributed by atoms with Gasteiger partial charge >= 0.3 is 12.4 Å². The summed E-state index contributed by atoms with van der Waals surface area (Å²) in [5.74, 6) is -0.851. The van der Waals surface area contributed by atoms with Crippen LogP contribution in [0.4, 0.5) is 32.3 Å². The van der Waals surface area contributed by atoms with E-state index in [1.54, 1.807) is 19.1 Å². The predicted octanol–water partition coefficient (Wildman–Crippen LogP) is 6.27. The minimum atomic E-state index is -5.02. The lowest BCUT2D eigenvalue weighted by atomic mass is 9.99. The first kappa shape index (κ1) is 33.0. The number of nitrogens with zero attached hydrogens (tertiary/aromatic N) is 4. The van der Waals surface area contributed by atoms with Crippen LogP contribution in [0.1, 0.15) is 59.3 Å². The van der Waals surface area contributed by atoms with Crippen molar-refractivity contribution in [3.63, 3.8) is 0 Å². The molecule has 0 saturated carbocycles. The summed E-state index contributed by atoms with van der Waals surface area (Å²) in [4.78, 5) is 38.4. The normalized spacial score (nSPS) is 18.0. The molecule has 46 heavy (non-hydrogen) atoms. The van der Waals surface area contributed by atoms with Crippen LogP contribution >= 0.6 is 0 Å². The Morgan fingerprint density at radius 1 is 1.00 bits per heavy atom. The monoisotopic (exact) mass is 649 g/mol. The molecule has 246 valence electrons. The van der Waals surface area contributed by atoms with Crippen molar-refractivity contribution in [2.24, 2.45) is 5.92 Å². The van der Waals surface area contributed by atoms with E-state index in [0.29, 0.717) is 49.6 Å². The SMILES string of the molecule is CC(=O)NC1CCN(c2nc3c(c(-c4ccccc4C)n2)C(=O)N(Cc2cc(C(F)(F)F)cc(C(F)(F)F)c2)C[C@@H](C)CO3)CC1. The van der Waals surface area contributed by atoms with Crippen molar-refractivity contribution in [2.45, 2.75) is 58.6 Å². The van der Waals surface area contributed by atoms with E-state index in [-0.39, 0.29) is 59.8 Å². The summed E-state index contributed by atoms with van der Waals surface area (Å²) in [6.07, 6.45) is -8.77. The number of ether oxygens (including phenoxy) is 1. The van der Waals surface area contributed by atoms with Crippen molar-refractivity contribution >= 4 is 17.8 Å². The van der Waals surface area contributed by atoms with Crippen LogP contribution in [0.25, 0.3) is 11.3 Å². The maximum Gasteiger partial charge on any atom is 0.416 e. The van der Waals surface area contributed by atoms with E-state index in [9.17, 15) is 35.9 Å². The van der Waals surface area contributed by atoms with Crippen LogP contribution in [0.5, 0.6) is 5.88 Å². The van der Waals surface area contributed by atoms with Crippen molar-refractivity contribution in [3.05, 3.63) is 70.3 Å². The van der Waals surface area contributed by atoms with Crippen LogP contribution < -0.4 is 15.0 Å². The molecule has 1 atom stereocenters. The van der Waals surface area contributed by atoms with Gasteiger partial charge in [-0.25, -0.2) is 4.98 Å². The van der Waals surface area contributed by atoms with E-state index in [1.807, 2.05) is 24.0 Å². The zero-order chi connectivity index (χ0) is 33.4. The van der Waals surface area contributed by atoms with Gasteiger partial charge in [-0.1, -0.05) is 31.2 Å². The number of hydrogen-bond donors (Lipinski definition) is 1. The molecule has 2 aliphatic heterocycles. The number of fused-ring (bicyclic) bond motifs is 1. The second kappa shape index (κ2) is 12.8. The highest BCUT2D eigenvalue weighted by Crippen LogP contribution is 2.38. The second-order valence-electron chi connectivity index (χ2n) is 11.8. The first-order valence-electron chi connectivity index (χ1n) is 14.8. The number of anilines is 1. The Balaban J connectivity index is 1.58. The molecule has 8 nitrogen and oxygen atoms in total. The number of benzene rings is 2. The van der Waals surface area contributed by atoms with Gasteiger partial charge in [-0.15, -0.1) is 0 Å². The molecule has 1 fully saturated rings. The molecule has 2 aliphatic rings. The Bertz CT molecular complexity index is 1590. The fourth-order valence-electron chi connectivity index (χ4n) is 5.77. The molecule has 2 aromatic carbocycles. The fourth-order valence-corrected chi connectivity index (χ4v) is 5.77. The Morgan fingerprint density at radius 3 is 2.22 bits per heavy atom. The van der Waals surface area contributed by atoms with Crippen LogP contribution in [0.2, 0.25) is 0 Å². The summed E-state index contributed by atoms with van der Waals surface area (Å²) in [7, 11) is 0. The molecule has 1 saturated heterocycles. The number of carbonyl (C=O) groups excluding carboxylic acids is 2. The molecular weight excluding hydrogens is 616 g/mol. The zero-order valence-electron chi connectivity index (χ0n) is 25.4. The molecule has 2 amide bonds. The molecule has 5 rings (SSSR count). The summed E-state index contributed by atoms with van der Waals surface area (Å²) in [5.41, 5.74) is -1.63. The lowest BCUT2D eigenvalue weighted by Gasteiger charge is -2.34. The maximum absolute atomic E-state index is 14.3. The quantitative estimate of drug-likeness (QED) is 0.328.